The van der Waals surface area contributed by atoms with E-state index in [2.05, 4.69) is 39.3 Å². The van der Waals surface area contributed by atoms with Gasteiger partial charge >= 0.3 is 0 Å². The van der Waals surface area contributed by atoms with Crippen molar-refractivity contribution in [3.05, 3.63) is 11.5 Å². The molecule has 4 heteroatoms. The van der Waals surface area contributed by atoms with Crippen LogP contribution in [-0.4, -0.2) is 16.6 Å². The molecule has 1 rings (SSSR count). The molecule has 0 saturated heterocycles. The Hall–Kier alpha value is -0.226. The van der Waals surface area contributed by atoms with Gasteiger partial charge in [0.1, 0.15) is 0 Å². The Morgan fingerprint density at radius 1 is 0.867 bits per heavy atom. The largest absolute Gasteiger partial charge is 0.521 e. The maximum atomic E-state index is 6.05. The summed E-state index contributed by atoms with van der Waals surface area (Å²) < 4.78 is 12.1. The highest BCUT2D eigenvalue weighted by atomic mass is 28.4. The molecule has 0 heterocycles. The molecule has 0 aliphatic heterocycles. The van der Waals surface area contributed by atoms with E-state index in [1.54, 1.807) is 0 Å². The molecule has 88 valence electrons. The van der Waals surface area contributed by atoms with Crippen LogP contribution in [0, 0.1) is 0 Å². The van der Waals surface area contributed by atoms with Crippen molar-refractivity contribution >= 4 is 16.6 Å². The SMILES string of the molecule is C[Si](C)(C)OC(O[Si](C)(C)C)=C1CCC1. The quantitative estimate of drug-likeness (QED) is 0.548. The molecule has 0 aromatic rings. The second-order valence-corrected chi connectivity index (χ2v) is 15.0. The van der Waals surface area contributed by atoms with Crippen LogP contribution < -0.4 is 0 Å². The molecular weight excluding hydrogens is 220 g/mol. The molecule has 2 nitrogen and oxygen atoms in total. The van der Waals surface area contributed by atoms with E-state index >= 15 is 0 Å². The first-order valence-electron chi connectivity index (χ1n) is 5.77. The summed E-state index contributed by atoms with van der Waals surface area (Å²) in [7, 11) is -3.05. The lowest BCUT2D eigenvalue weighted by Gasteiger charge is -2.31. The highest BCUT2D eigenvalue weighted by Gasteiger charge is 2.28. The van der Waals surface area contributed by atoms with Gasteiger partial charge in [-0.15, -0.1) is 0 Å². The van der Waals surface area contributed by atoms with Gasteiger partial charge in [-0.3, -0.25) is 0 Å². The van der Waals surface area contributed by atoms with Crippen molar-refractivity contribution in [2.75, 3.05) is 0 Å². The maximum absolute atomic E-state index is 6.05. The van der Waals surface area contributed by atoms with Crippen molar-refractivity contribution in [3.8, 4) is 0 Å². The summed E-state index contributed by atoms with van der Waals surface area (Å²) in [5.41, 5.74) is 1.40. The maximum Gasteiger partial charge on any atom is 0.250 e. The molecule has 1 aliphatic rings. The van der Waals surface area contributed by atoms with Crippen molar-refractivity contribution in [2.24, 2.45) is 0 Å². The van der Waals surface area contributed by atoms with Crippen molar-refractivity contribution in [2.45, 2.75) is 58.5 Å². The van der Waals surface area contributed by atoms with E-state index in [1.807, 2.05) is 0 Å². The van der Waals surface area contributed by atoms with Gasteiger partial charge < -0.3 is 8.85 Å². The molecule has 1 fully saturated rings. The van der Waals surface area contributed by atoms with Gasteiger partial charge in [-0.2, -0.15) is 0 Å². The zero-order chi connectivity index (χ0) is 11.7. The summed E-state index contributed by atoms with van der Waals surface area (Å²) >= 11 is 0. The van der Waals surface area contributed by atoms with Gasteiger partial charge in [0.15, 0.2) is 0 Å². The van der Waals surface area contributed by atoms with Crippen molar-refractivity contribution < 1.29 is 8.85 Å². The highest BCUT2D eigenvalue weighted by Crippen LogP contribution is 2.32. The predicted molar refractivity (Wildman–Crippen MR) is 69.7 cm³/mol. The molecular formula is C11H24O2Si2. The fraction of sp³-hybridized carbons (Fsp3) is 0.818. The van der Waals surface area contributed by atoms with Crippen LogP contribution in [-0.2, 0) is 8.85 Å². The lowest BCUT2D eigenvalue weighted by molar-refractivity contribution is 0.201. The molecule has 15 heavy (non-hydrogen) atoms. The molecule has 0 radical (unpaired) electrons. The van der Waals surface area contributed by atoms with E-state index < -0.39 is 16.6 Å². The fourth-order valence-electron chi connectivity index (χ4n) is 1.28. The first-order chi connectivity index (χ1) is 6.67. The summed E-state index contributed by atoms with van der Waals surface area (Å²) in [6.45, 7) is 13.2. The van der Waals surface area contributed by atoms with Gasteiger partial charge in [-0.05, 0) is 58.5 Å². The monoisotopic (exact) mass is 244 g/mol. The van der Waals surface area contributed by atoms with Crippen molar-refractivity contribution in [3.63, 3.8) is 0 Å². The highest BCUT2D eigenvalue weighted by molar-refractivity contribution is 6.71. The molecule has 0 N–H and O–H groups in total. The molecule has 1 aliphatic carbocycles. The van der Waals surface area contributed by atoms with E-state index in [-0.39, 0.29) is 0 Å². The van der Waals surface area contributed by atoms with Crippen molar-refractivity contribution in [1.82, 2.24) is 0 Å². The third-order valence-corrected chi connectivity index (χ3v) is 3.64. The van der Waals surface area contributed by atoms with Gasteiger partial charge in [0.2, 0.25) is 16.6 Å². The minimum atomic E-state index is -1.53. The van der Waals surface area contributed by atoms with E-state index in [0.717, 1.165) is 5.95 Å². The van der Waals surface area contributed by atoms with Gasteiger partial charge in [0.05, 0.1) is 0 Å². The molecule has 0 atom stereocenters. The van der Waals surface area contributed by atoms with Crippen LogP contribution in [0.4, 0.5) is 0 Å². The first kappa shape index (κ1) is 12.8. The predicted octanol–water partition coefficient (Wildman–Crippen LogP) is 4.08. The van der Waals surface area contributed by atoms with Crippen LogP contribution in [0.2, 0.25) is 39.3 Å². The van der Waals surface area contributed by atoms with E-state index in [4.69, 9.17) is 8.85 Å². The Morgan fingerprint density at radius 2 is 1.27 bits per heavy atom. The molecule has 1 saturated carbocycles. The standard InChI is InChI=1S/C11H24O2Si2/c1-14(2,3)12-11(10-8-7-9-10)13-15(4,5)6/h7-9H2,1-6H3. The summed E-state index contributed by atoms with van der Waals surface area (Å²) in [6.07, 6.45) is 3.64. The van der Waals surface area contributed by atoms with Crippen LogP contribution >= 0.6 is 0 Å². The number of rotatable bonds is 4. The zero-order valence-corrected chi connectivity index (χ0v) is 12.9. The number of hydrogen-bond donors (Lipinski definition) is 0. The van der Waals surface area contributed by atoms with Gasteiger partial charge in [0.25, 0.3) is 5.95 Å². The van der Waals surface area contributed by atoms with E-state index in [1.165, 1.54) is 24.8 Å². The van der Waals surface area contributed by atoms with Crippen LogP contribution in [0.1, 0.15) is 19.3 Å². The summed E-state index contributed by atoms with van der Waals surface area (Å²) in [4.78, 5) is 0. The summed E-state index contributed by atoms with van der Waals surface area (Å²) in [6, 6.07) is 0. The minimum Gasteiger partial charge on any atom is -0.521 e. The average molecular weight is 244 g/mol. The third kappa shape index (κ3) is 4.88. The van der Waals surface area contributed by atoms with Crippen LogP contribution in [0.15, 0.2) is 11.5 Å². The Morgan fingerprint density at radius 3 is 1.47 bits per heavy atom. The van der Waals surface area contributed by atoms with E-state index in [0.29, 0.717) is 0 Å². The van der Waals surface area contributed by atoms with Gasteiger partial charge in [-0.1, -0.05) is 0 Å². The lowest BCUT2D eigenvalue weighted by Crippen LogP contribution is -2.33. The fourth-order valence-corrected chi connectivity index (χ4v) is 2.85. The molecule has 0 bridgehead atoms. The van der Waals surface area contributed by atoms with E-state index in [9.17, 15) is 0 Å². The number of allylic oxidation sites excluding steroid dienone is 1. The Kier molecular flexibility index (Phi) is 3.71. The topological polar surface area (TPSA) is 18.5 Å². The van der Waals surface area contributed by atoms with Gasteiger partial charge in [-0.25, -0.2) is 0 Å². The summed E-state index contributed by atoms with van der Waals surface area (Å²) in [5.74, 6) is 0.889. The third-order valence-electron chi connectivity index (χ3n) is 2.04. The van der Waals surface area contributed by atoms with Crippen LogP contribution in [0.25, 0.3) is 0 Å². The van der Waals surface area contributed by atoms with Crippen LogP contribution in [0.3, 0.4) is 0 Å². The Balaban J connectivity index is 2.72. The molecule has 0 aromatic heterocycles. The second kappa shape index (κ2) is 4.33. The molecule has 0 unspecified atom stereocenters. The smallest absolute Gasteiger partial charge is 0.250 e. The Bertz CT molecular complexity index is 235. The normalized spacial score (nSPS) is 17.1. The van der Waals surface area contributed by atoms with Gasteiger partial charge in [0, 0.05) is 5.57 Å². The molecule has 0 spiro atoms. The minimum absolute atomic E-state index is 0.889. The molecule has 0 aromatic carbocycles. The second-order valence-electron chi connectivity index (χ2n) is 6.17. The van der Waals surface area contributed by atoms with Crippen molar-refractivity contribution in [1.29, 1.82) is 0 Å². The molecule has 0 amide bonds. The summed E-state index contributed by atoms with van der Waals surface area (Å²) in [5, 5.41) is 0. The first-order valence-corrected chi connectivity index (χ1v) is 12.6. The zero-order valence-electron chi connectivity index (χ0n) is 10.9. The average Bonchev–Trinajstić information content (AvgIpc) is 1.71. The van der Waals surface area contributed by atoms with Crippen LogP contribution in [0.5, 0.6) is 0 Å². The lowest BCUT2D eigenvalue weighted by atomic mass is 9.93. The Labute approximate surface area is 95.9 Å². The number of hydrogen-bond acceptors (Lipinski definition) is 2.